The van der Waals surface area contributed by atoms with E-state index in [0.29, 0.717) is 37.5 Å². The number of ether oxygens (including phenoxy) is 2. The zero-order valence-electron chi connectivity index (χ0n) is 22.5. The van der Waals surface area contributed by atoms with Crippen LogP contribution < -0.4 is 5.32 Å². The third-order valence-corrected chi connectivity index (χ3v) is 11.5. The molecule has 0 bridgehead atoms. The number of nitrogens with one attached hydrogen (secondary N) is 1. The molecule has 1 aromatic rings. The molecule has 202 valence electrons. The van der Waals surface area contributed by atoms with Gasteiger partial charge in [0.05, 0.1) is 24.9 Å². The van der Waals surface area contributed by atoms with Crippen molar-refractivity contribution in [3.63, 3.8) is 0 Å². The van der Waals surface area contributed by atoms with E-state index in [2.05, 4.69) is 36.5 Å². The van der Waals surface area contributed by atoms with Gasteiger partial charge in [0.15, 0.2) is 5.79 Å². The summed E-state index contributed by atoms with van der Waals surface area (Å²) in [6.45, 7) is 3.61. The van der Waals surface area contributed by atoms with E-state index in [0.717, 1.165) is 44.9 Å². The van der Waals surface area contributed by atoms with Crippen LogP contribution in [0.25, 0.3) is 0 Å². The van der Waals surface area contributed by atoms with Crippen LogP contribution in [0.2, 0.25) is 0 Å². The summed E-state index contributed by atoms with van der Waals surface area (Å²) in [5, 5.41) is 27.1. The lowest BCUT2D eigenvalue weighted by Crippen LogP contribution is -2.53. The summed E-state index contributed by atoms with van der Waals surface area (Å²) < 4.78 is 12.1. The van der Waals surface area contributed by atoms with Crippen LogP contribution in [-0.2, 0) is 9.47 Å². The molecule has 1 heterocycles. The minimum absolute atomic E-state index is 0.0541. The maximum Gasteiger partial charge on any atom is 0.171 e. The first-order valence-corrected chi connectivity index (χ1v) is 15.2. The Kier molecular flexibility index (Phi) is 6.04. The smallest absolute Gasteiger partial charge is 0.171 e. The van der Waals surface area contributed by atoms with Crippen molar-refractivity contribution in [2.24, 2.45) is 17.3 Å². The van der Waals surface area contributed by atoms with Gasteiger partial charge < -0.3 is 25.0 Å². The van der Waals surface area contributed by atoms with E-state index in [9.17, 15) is 10.2 Å². The van der Waals surface area contributed by atoms with Gasteiger partial charge in [-0.1, -0.05) is 43.9 Å². The Bertz CT molecular complexity index is 1040. The summed E-state index contributed by atoms with van der Waals surface area (Å²) in [6.07, 6.45) is 13.4. The van der Waals surface area contributed by atoms with Gasteiger partial charge in [-0.3, -0.25) is 0 Å². The number of hydrogen-bond acceptors (Lipinski definition) is 5. The molecule has 5 heteroatoms. The lowest BCUT2D eigenvalue weighted by Gasteiger charge is -2.56. The van der Waals surface area contributed by atoms with E-state index < -0.39 is 11.4 Å². The molecule has 3 N–H and O–H groups in total. The zero-order chi connectivity index (χ0) is 25.3. The van der Waals surface area contributed by atoms with Crippen LogP contribution in [0.4, 0.5) is 5.69 Å². The molecule has 1 aliphatic heterocycles. The van der Waals surface area contributed by atoms with E-state index in [4.69, 9.17) is 9.47 Å². The van der Waals surface area contributed by atoms with Crippen molar-refractivity contribution in [1.82, 2.24) is 0 Å². The Morgan fingerprint density at radius 1 is 0.919 bits per heavy atom. The fourth-order valence-corrected chi connectivity index (χ4v) is 9.58. The number of allylic oxidation sites excluding steroid dienone is 1. The van der Waals surface area contributed by atoms with Crippen molar-refractivity contribution in [2.75, 3.05) is 18.5 Å². The van der Waals surface area contributed by atoms with Gasteiger partial charge in [-0.05, 0) is 91.9 Å². The molecule has 0 amide bonds. The van der Waals surface area contributed by atoms with Crippen LogP contribution in [-0.4, -0.2) is 47.0 Å². The topological polar surface area (TPSA) is 71.0 Å². The number of anilines is 1. The molecule has 5 aliphatic carbocycles. The first-order valence-electron chi connectivity index (χ1n) is 15.2. The third kappa shape index (κ3) is 4.02. The lowest BCUT2D eigenvalue weighted by atomic mass is 9.51. The van der Waals surface area contributed by atoms with Crippen LogP contribution in [0.15, 0.2) is 35.4 Å². The minimum Gasteiger partial charge on any atom is -0.393 e. The van der Waals surface area contributed by atoms with E-state index in [1.165, 1.54) is 54.5 Å². The van der Waals surface area contributed by atoms with Crippen LogP contribution in [0, 0.1) is 17.3 Å². The fraction of sp³-hybridized carbons (Fsp3) is 0.750. The molecule has 1 spiro atoms. The summed E-state index contributed by atoms with van der Waals surface area (Å²) in [6, 6.07) is 9.79. The highest BCUT2D eigenvalue weighted by molar-refractivity contribution is 5.49. The summed E-state index contributed by atoms with van der Waals surface area (Å²) in [4.78, 5) is 0. The monoisotopic (exact) mass is 507 g/mol. The standard InChI is InChI=1S/C32H45NO4/c1-30-19-25(21-7-9-23(10-8-21)33-22-5-3-2-4-6-22)29-24(26(30)11-12-28(30)34)13-15-31(35)20-32(16-14-27(29)31)36-17-18-37-32/h7-10,22,24-26,28,33-35H,2-6,11-20H2,1H3/t24?,25?,26?,28?,30?,31-/m1/s1. The molecular formula is C32H45NO4. The highest BCUT2D eigenvalue weighted by Crippen LogP contribution is 2.65. The SMILES string of the molecule is CC12CC(c3ccc(NC4CCCCC4)cc3)C3=C4CCC5(C[C@]4(O)CCC3C1CCC2O)OCCO5. The van der Waals surface area contributed by atoms with Crippen molar-refractivity contribution in [1.29, 1.82) is 0 Å². The number of rotatable bonds is 3. The fourth-order valence-electron chi connectivity index (χ4n) is 9.58. The number of fused-ring (bicyclic) bond motifs is 4. The number of aliphatic hydroxyl groups is 2. The first-order chi connectivity index (χ1) is 17.9. The van der Waals surface area contributed by atoms with Gasteiger partial charge in [0.25, 0.3) is 0 Å². The molecule has 37 heavy (non-hydrogen) atoms. The summed E-state index contributed by atoms with van der Waals surface area (Å²) in [7, 11) is 0. The molecule has 6 aliphatic rings. The van der Waals surface area contributed by atoms with Gasteiger partial charge in [0.1, 0.15) is 0 Å². The molecule has 5 nitrogen and oxygen atoms in total. The predicted molar refractivity (Wildman–Crippen MR) is 144 cm³/mol. The molecular weight excluding hydrogens is 462 g/mol. The van der Waals surface area contributed by atoms with Crippen molar-refractivity contribution in [3.05, 3.63) is 41.0 Å². The average molecular weight is 508 g/mol. The second-order valence-corrected chi connectivity index (χ2v) is 13.5. The molecule has 4 saturated carbocycles. The summed E-state index contributed by atoms with van der Waals surface area (Å²) in [5.74, 6) is 0.618. The van der Waals surface area contributed by atoms with E-state index in [1.54, 1.807) is 0 Å². The van der Waals surface area contributed by atoms with Gasteiger partial charge >= 0.3 is 0 Å². The Morgan fingerprint density at radius 3 is 2.43 bits per heavy atom. The largest absolute Gasteiger partial charge is 0.393 e. The Labute approximate surface area is 222 Å². The maximum absolute atomic E-state index is 12.1. The average Bonchev–Trinajstić information content (AvgIpc) is 3.47. The number of benzene rings is 1. The third-order valence-electron chi connectivity index (χ3n) is 11.5. The molecule has 1 saturated heterocycles. The van der Waals surface area contributed by atoms with Crippen LogP contribution in [0.5, 0.6) is 0 Å². The van der Waals surface area contributed by atoms with Crippen molar-refractivity contribution in [2.45, 2.75) is 120 Å². The highest BCUT2D eigenvalue weighted by Gasteiger charge is 2.60. The minimum atomic E-state index is -0.833. The second-order valence-electron chi connectivity index (χ2n) is 13.5. The maximum atomic E-state index is 12.1. The summed E-state index contributed by atoms with van der Waals surface area (Å²) >= 11 is 0. The van der Waals surface area contributed by atoms with Crippen molar-refractivity contribution < 1.29 is 19.7 Å². The highest BCUT2D eigenvalue weighted by atomic mass is 16.7. The number of aliphatic hydroxyl groups excluding tert-OH is 1. The lowest BCUT2D eigenvalue weighted by molar-refractivity contribution is -0.208. The van der Waals surface area contributed by atoms with Gasteiger partial charge in [0.2, 0.25) is 0 Å². The predicted octanol–water partition coefficient (Wildman–Crippen LogP) is 6.06. The second kappa shape index (κ2) is 9.08. The van der Waals surface area contributed by atoms with E-state index >= 15 is 0 Å². The van der Waals surface area contributed by atoms with Gasteiger partial charge in [-0.2, -0.15) is 0 Å². The van der Waals surface area contributed by atoms with Crippen LogP contribution >= 0.6 is 0 Å². The normalized spacial score (nSPS) is 41.4. The molecule has 5 fully saturated rings. The van der Waals surface area contributed by atoms with Gasteiger partial charge in [-0.25, -0.2) is 0 Å². The van der Waals surface area contributed by atoms with E-state index in [1.807, 2.05) is 0 Å². The molecule has 1 aromatic carbocycles. The molecule has 6 atom stereocenters. The van der Waals surface area contributed by atoms with Crippen molar-refractivity contribution >= 4 is 5.69 Å². The first kappa shape index (κ1) is 24.6. The molecule has 0 radical (unpaired) electrons. The molecule has 5 unspecified atom stereocenters. The van der Waals surface area contributed by atoms with Gasteiger partial charge in [-0.15, -0.1) is 0 Å². The quantitative estimate of drug-likeness (QED) is 0.434. The van der Waals surface area contributed by atoms with E-state index in [-0.39, 0.29) is 17.4 Å². The summed E-state index contributed by atoms with van der Waals surface area (Å²) in [5.41, 5.74) is 4.47. The van der Waals surface area contributed by atoms with Crippen LogP contribution in [0.3, 0.4) is 0 Å². The number of hydrogen-bond donors (Lipinski definition) is 3. The molecule has 0 aromatic heterocycles. The Hall–Kier alpha value is -1.40. The molecule has 7 rings (SSSR count). The van der Waals surface area contributed by atoms with Crippen molar-refractivity contribution in [3.8, 4) is 0 Å². The van der Waals surface area contributed by atoms with Gasteiger partial charge in [0, 0.05) is 30.5 Å². The Morgan fingerprint density at radius 2 is 1.68 bits per heavy atom. The zero-order valence-corrected chi connectivity index (χ0v) is 22.5. The van der Waals surface area contributed by atoms with Crippen LogP contribution in [0.1, 0.15) is 102 Å². The Balaban J connectivity index is 1.24.